The number of ether oxygens (including phenoxy) is 1. The van der Waals surface area contributed by atoms with Crippen LogP contribution in [0.25, 0.3) is 11.1 Å². The maximum Gasteiger partial charge on any atom is 0.511 e. The zero-order valence-corrected chi connectivity index (χ0v) is 21.1. The Morgan fingerprint density at radius 2 is 1.72 bits per heavy atom. The number of carbonyl (C=O) groups is 2. The second kappa shape index (κ2) is 10.3. The van der Waals surface area contributed by atoms with Gasteiger partial charge in [0.2, 0.25) is 0 Å². The minimum Gasteiger partial charge on any atom is -0.505 e. The molecule has 0 saturated heterocycles. The summed E-state index contributed by atoms with van der Waals surface area (Å²) in [6, 6.07) is 22.7. The van der Waals surface area contributed by atoms with Crippen molar-refractivity contribution >= 4 is 34.8 Å². The fraction of sp³-hybridized carbons (Fsp3) is 0.100. The number of anilines is 3. The first-order chi connectivity index (χ1) is 18.7. The number of phenolic OH excluding ortho intramolecular Hbond substituents is 1. The van der Waals surface area contributed by atoms with E-state index in [1.54, 1.807) is 30.3 Å². The molecule has 196 valence electrons. The molecule has 8 nitrogen and oxygen atoms in total. The predicted octanol–water partition coefficient (Wildman–Crippen LogP) is 6.87. The van der Waals surface area contributed by atoms with Crippen LogP contribution in [0.3, 0.4) is 0 Å². The Morgan fingerprint density at radius 1 is 0.974 bits per heavy atom. The van der Waals surface area contributed by atoms with E-state index in [2.05, 4.69) is 24.4 Å². The van der Waals surface area contributed by atoms with Crippen molar-refractivity contribution in [3.8, 4) is 22.6 Å². The smallest absolute Gasteiger partial charge is 0.505 e. The number of amides is 1. The van der Waals surface area contributed by atoms with Crippen molar-refractivity contribution < 1.29 is 28.9 Å². The first-order valence-corrected chi connectivity index (χ1v) is 12.1. The Morgan fingerprint density at radius 3 is 2.44 bits per heavy atom. The molecule has 0 radical (unpaired) electrons. The molecular weight excluding hydrogens is 501 g/mol. The van der Waals surface area contributed by atoms with E-state index < -0.39 is 17.9 Å². The van der Waals surface area contributed by atoms with Crippen LogP contribution in [0.15, 0.2) is 90.0 Å². The third kappa shape index (κ3) is 5.02. The van der Waals surface area contributed by atoms with E-state index >= 15 is 0 Å². The molecule has 0 spiro atoms. The van der Waals surface area contributed by atoms with Gasteiger partial charge in [0, 0.05) is 16.8 Å². The third-order valence-electron chi connectivity index (χ3n) is 6.35. The molecule has 9 heteroatoms. The van der Waals surface area contributed by atoms with Crippen LogP contribution in [0.5, 0.6) is 11.5 Å². The first kappa shape index (κ1) is 25.5. The Kier molecular flexibility index (Phi) is 6.72. The summed E-state index contributed by atoms with van der Waals surface area (Å²) in [6.45, 7) is 4.16. The van der Waals surface area contributed by atoms with Crippen LogP contribution in [-0.2, 0) is 4.79 Å². The molecule has 4 aromatic carbocycles. The van der Waals surface area contributed by atoms with Crippen LogP contribution in [0.4, 0.5) is 26.2 Å². The summed E-state index contributed by atoms with van der Waals surface area (Å²) in [6.07, 6.45) is -1.45. The van der Waals surface area contributed by atoms with E-state index in [0.717, 1.165) is 5.56 Å². The predicted molar refractivity (Wildman–Crippen MR) is 146 cm³/mol. The highest BCUT2D eigenvalue weighted by atomic mass is 19.1. The number of aromatic hydroxyl groups is 1. The standard InChI is InChI=1S/C30H24FN3O5/c1-17(2)18-9-12-21(13-10-18)34-26-14-11-20(31)16-24(26)27(29(34)36)33-32-25-8-4-7-23(28(25)35)19-5-3-6-22(15-19)39-30(37)38/h3-17,32,35H,1-2H3,(H,37,38). The first-order valence-electron chi connectivity index (χ1n) is 12.1. The molecule has 1 heterocycles. The van der Waals surface area contributed by atoms with Crippen molar-refractivity contribution in [2.24, 2.45) is 5.10 Å². The average Bonchev–Trinajstić information content (AvgIpc) is 3.18. The zero-order valence-electron chi connectivity index (χ0n) is 21.1. The van der Waals surface area contributed by atoms with Crippen LogP contribution >= 0.6 is 0 Å². The monoisotopic (exact) mass is 525 g/mol. The zero-order chi connectivity index (χ0) is 27.7. The number of phenols is 1. The Labute approximate surface area is 223 Å². The summed E-state index contributed by atoms with van der Waals surface area (Å²) in [5, 5.41) is 24.1. The molecule has 4 aromatic rings. The summed E-state index contributed by atoms with van der Waals surface area (Å²) in [7, 11) is 0. The molecule has 0 unspecified atom stereocenters. The summed E-state index contributed by atoms with van der Waals surface area (Å²) in [4.78, 5) is 25.9. The highest BCUT2D eigenvalue weighted by Crippen LogP contribution is 2.39. The molecule has 0 saturated carbocycles. The molecule has 0 bridgehead atoms. The lowest BCUT2D eigenvalue weighted by atomic mass is 10.0. The molecule has 3 N–H and O–H groups in total. The van der Waals surface area contributed by atoms with Crippen molar-refractivity contribution in [3.05, 3.63) is 102 Å². The van der Waals surface area contributed by atoms with Crippen LogP contribution in [0.2, 0.25) is 0 Å². The lowest BCUT2D eigenvalue weighted by molar-refractivity contribution is -0.111. The van der Waals surface area contributed by atoms with Crippen LogP contribution in [0, 0.1) is 5.82 Å². The number of hydrogen-bond acceptors (Lipinski definition) is 6. The number of hydrazone groups is 1. The second-order valence-electron chi connectivity index (χ2n) is 9.22. The van der Waals surface area contributed by atoms with E-state index in [9.17, 15) is 19.1 Å². The van der Waals surface area contributed by atoms with Gasteiger partial charge >= 0.3 is 6.16 Å². The second-order valence-corrected chi connectivity index (χ2v) is 9.22. The lowest BCUT2D eigenvalue weighted by Crippen LogP contribution is -2.26. The van der Waals surface area contributed by atoms with Gasteiger partial charge in [-0.3, -0.25) is 15.1 Å². The van der Waals surface area contributed by atoms with Gasteiger partial charge in [-0.05, 0) is 65.6 Å². The van der Waals surface area contributed by atoms with Gasteiger partial charge in [-0.25, -0.2) is 9.18 Å². The normalized spacial score (nSPS) is 13.6. The average molecular weight is 526 g/mol. The molecule has 39 heavy (non-hydrogen) atoms. The Hall–Kier alpha value is -5.18. The molecule has 1 aliphatic heterocycles. The highest BCUT2D eigenvalue weighted by molar-refractivity contribution is 6.55. The summed E-state index contributed by atoms with van der Waals surface area (Å²) in [5.41, 5.74) is 6.35. The van der Waals surface area contributed by atoms with Gasteiger partial charge in [-0.2, -0.15) is 5.10 Å². The Bertz CT molecular complexity index is 1620. The summed E-state index contributed by atoms with van der Waals surface area (Å²) in [5.74, 6) is -0.726. The minimum absolute atomic E-state index is 0.0147. The van der Waals surface area contributed by atoms with Gasteiger partial charge in [0.1, 0.15) is 17.3 Å². The maximum absolute atomic E-state index is 14.2. The van der Waals surface area contributed by atoms with E-state index in [1.807, 2.05) is 24.3 Å². The number of carbonyl (C=O) groups excluding carboxylic acids is 1. The largest absolute Gasteiger partial charge is 0.511 e. The number of rotatable bonds is 6. The number of nitrogens with zero attached hydrogens (tertiary/aromatic N) is 2. The number of fused-ring (bicyclic) bond motifs is 1. The van der Waals surface area contributed by atoms with E-state index in [0.29, 0.717) is 34.0 Å². The number of carboxylic acid groups (broad SMARTS) is 1. The van der Waals surface area contributed by atoms with Gasteiger partial charge in [-0.15, -0.1) is 0 Å². The molecule has 0 aromatic heterocycles. The van der Waals surface area contributed by atoms with Crippen molar-refractivity contribution in [1.29, 1.82) is 0 Å². The summed E-state index contributed by atoms with van der Waals surface area (Å²) < 4.78 is 18.9. The van der Waals surface area contributed by atoms with Crippen molar-refractivity contribution in [2.45, 2.75) is 19.8 Å². The van der Waals surface area contributed by atoms with E-state index in [4.69, 9.17) is 9.84 Å². The van der Waals surface area contributed by atoms with Crippen molar-refractivity contribution in [3.63, 3.8) is 0 Å². The molecule has 5 rings (SSSR count). The van der Waals surface area contributed by atoms with Crippen molar-refractivity contribution in [1.82, 2.24) is 0 Å². The van der Waals surface area contributed by atoms with Gasteiger partial charge in [0.25, 0.3) is 5.91 Å². The highest BCUT2D eigenvalue weighted by Gasteiger charge is 2.35. The van der Waals surface area contributed by atoms with Crippen LogP contribution < -0.4 is 15.1 Å². The third-order valence-corrected chi connectivity index (χ3v) is 6.35. The molecule has 0 fully saturated rings. The molecule has 0 aliphatic carbocycles. The molecule has 1 aliphatic rings. The molecule has 1 amide bonds. The quantitative estimate of drug-likeness (QED) is 0.110. The molecular formula is C30H24FN3O5. The molecule has 0 atom stereocenters. The number of hydrogen-bond donors (Lipinski definition) is 3. The SMILES string of the molecule is CC(C)c1ccc(N2C(=O)C(=NNc3cccc(-c4cccc(OC(=O)O)c4)c3O)c3cc(F)ccc32)cc1. The fourth-order valence-corrected chi connectivity index (χ4v) is 4.41. The Balaban J connectivity index is 1.49. The van der Waals surface area contributed by atoms with Crippen LogP contribution in [-0.4, -0.2) is 28.0 Å². The minimum atomic E-state index is -1.45. The van der Waals surface area contributed by atoms with Crippen molar-refractivity contribution in [2.75, 3.05) is 10.3 Å². The summed E-state index contributed by atoms with van der Waals surface area (Å²) >= 11 is 0. The van der Waals surface area contributed by atoms with Gasteiger partial charge in [0.15, 0.2) is 5.71 Å². The van der Waals surface area contributed by atoms with E-state index in [-0.39, 0.29) is 22.9 Å². The lowest BCUT2D eigenvalue weighted by Gasteiger charge is -2.18. The number of halogens is 1. The van der Waals surface area contributed by atoms with Gasteiger partial charge < -0.3 is 14.9 Å². The topological polar surface area (TPSA) is 111 Å². The number of para-hydroxylation sites is 1. The van der Waals surface area contributed by atoms with Gasteiger partial charge in [-0.1, -0.05) is 50.2 Å². The fourth-order valence-electron chi connectivity index (χ4n) is 4.41. The van der Waals surface area contributed by atoms with Gasteiger partial charge in [0.05, 0.1) is 11.4 Å². The number of nitrogens with one attached hydrogen (secondary N) is 1. The van der Waals surface area contributed by atoms with E-state index in [1.165, 1.54) is 35.2 Å². The maximum atomic E-state index is 14.2. The number of benzene rings is 4. The van der Waals surface area contributed by atoms with Crippen LogP contribution in [0.1, 0.15) is 30.9 Å².